The monoisotopic (exact) mass is 395 g/mol. The van der Waals surface area contributed by atoms with Crippen LogP contribution in [0.25, 0.3) is 17.0 Å². The summed E-state index contributed by atoms with van der Waals surface area (Å²) in [5.41, 5.74) is 1.93. The van der Waals surface area contributed by atoms with Crippen molar-refractivity contribution in [3.8, 4) is 0 Å². The molecule has 0 spiro atoms. The Balaban J connectivity index is 1.94. The Morgan fingerprint density at radius 2 is 1.93 bits per heavy atom. The molecule has 0 amide bonds. The number of benzene rings is 2. The number of hydrogen-bond donors (Lipinski definition) is 0. The van der Waals surface area contributed by atoms with E-state index in [4.69, 9.17) is 20.8 Å². The second-order valence-corrected chi connectivity index (χ2v) is 6.85. The quantitative estimate of drug-likeness (QED) is 0.588. The zero-order chi connectivity index (χ0) is 19.7. The molecule has 28 heavy (non-hydrogen) atoms. The van der Waals surface area contributed by atoms with Crippen LogP contribution in [0.3, 0.4) is 0 Å². The minimum absolute atomic E-state index is 0.181. The highest BCUT2D eigenvalue weighted by Gasteiger charge is 2.26. The molecule has 1 aliphatic heterocycles. The first-order valence-electron chi connectivity index (χ1n) is 9.05. The lowest BCUT2D eigenvalue weighted by Gasteiger charge is -2.23. The summed E-state index contributed by atoms with van der Waals surface area (Å²) >= 11 is 6.02. The van der Waals surface area contributed by atoms with Crippen molar-refractivity contribution in [3.05, 3.63) is 74.9 Å². The van der Waals surface area contributed by atoms with Gasteiger partial charge in [-0.2, -0.15) is 0 Å². The van der Waals surface area contributed by atoms with Gasteiger partial charge in [-0.15, -0.1) is 0 Å². The largest absolute Gasteiger partial charge is 0.463 e. The molecule has 2 heterocycles. The predicted molar refractivity (Wildman–Crippen MR) is 110 cm³/mol. The number of nitrogens with zero attached hydrogens (tertiary/aromatic N) is 1. The molecule has 1 aliphatic rings. The van der Waals surface area contributed by atoms with E-state index in [0.29, 0.717) is 46.0 Å². The minimum Gasteiger partial charge on any atom is -0.463 e. The van der Waals surface area contributed by atoms with Gasteiger partial charge >= 0.3 is 5.97 Å². The molecule has 0 aliphatic carbocycles. The van der Waals surface area contributed by atoms with E-state index in [1.54, 1.807) is 43.3 Å². The van der Waals surface area contributed by atoms with Crippen molar-refractivity contribution in [1.82, 2.24) is 0 Å². The number of rotatable bonds is 3. The predicted octanol–water partition coefficient (Wildman–Crippen LogP) is 4.93. The van der Waals surface area contributed by atoms with Gasteiger partial charge < -0.3 is 14.1 Å². The fraction of sp³-hybridized carbons (Fsp3) is 0.182. The van der Waals surface area contributed by atoms with Crippen LogP contribution in [-0.2, 0) is 9.53 Å². The van der Waals surface area contributed by atoms with E-state index in [-0.39, 0.29) is 12.0 Å². The molecule has 0 atom stereocenters. The topological polar surface area (TPSA) is 59.8 Å². The highest BCUT2D eigenvalue weighted by molar-refractivity contribution is 6.30. The molecule has 5 nitrogen and oxygen atoms in total. The minimum atomic E-state index is -0.418. The Morgan fingerprint density at radius 1 is 1.18 bits per heavy atom. The van der Waals surface area contributed by atoms with E-state index in [9.17, 15) is 9.59 Å². The van der Waals surface area contributed by atoms with Crippen molar-refractivity contribution in [2.75, 3.05) is 18.1 Å². The Bertz CT molecular complexity index is 1130. The van der Waals surface area contributed by atoms with Gasteiger partial charge in [0.05, 0.1) is 17.6 Å². The Labute approximate surface area is 166 Å². The van der Waals surface area contributed by atoms with Crippen LogP contribution in [0.15, 0.2) is 63.3 Å². The number of ether oxygens (including phenoxy) is 1. The number of fused-ring (bicyclic) bond motifs is 2. The first-order chi connectivity index (χ1) is 13.6. The van der Waals surface area contributed by atoms with Gasteiger partial charge in [-0.05, 0) is 55.8 Å². The lowest BCUT2D eigenvalue weighted by molar-refractivity contribution is -0.138. The van der Waals surface area contributed by atoms with Crippen molar-refractivity contribution in [2.45, 2.75) is 13.3 Å². The van der Waals surface area contributed by atoms with E-state index in [2.05, 4.69) is 0 Å². The highest BCUT2D eigenvalue weighted by Crippen LogP contribution is 2.35. The molecule has 3 aromatic rings. The van der Waals surface area contributed by atoms with Crippen LogP contribution in [0.4, 0.5) is 11.6 Å². The number of para-hydroxylation sites is 1. The second kappa shape index (κ2) is 7.52. The van der Waals surface area contributed by atoms with E-state index in [0.717, 1.165) is 5.69 Å². The van der Waals surface area contributed by atoms with Gasteiger partial charge in [-0.25, -0.2) is 4.79 Å². The average Bonchev–Trinajstić information content (AvgIpc) is 2.89. The number of carbonyl (C=O) groups is 1. The van der Waals surface area contributed by atoms with Crippen molar-refractivity contribution in [3.63, 3.8) is 0 Å². The van der Waals surface area contributed by atoms with E-state index in [1.165, 1.54) is 0 Å². The van der Waals surface area contributed by atoms with Crippen LogP contribution >= 0.6 is 11.6 Å². The third-order valence-corrected chi connectivity index (χ3v) is 4.91. The molecule has 0 bridgehead atoms. The zero-order valence-electron chi connectivity index (χ0n) is 15.3. The summed E-state index contributed by atoms with van der Waals surface area (Å²) in [5, 5.41) is 1.09. The third-order valence-electron chi connectivity index (χ3n) is 4.66. The van der Waals surface area contributed by atoms with Gasteiger partial charge in [0.15, 0.2) is 0 Å². The molecule has 0 unspecified atom stereocenters. The molecular formula is C22H18ClNO4. The normalized spacial score (nSPS) is 13.6. The van der Waals surface area contributed by atoms with Crippen molar-refractivity contribution in [1.29, 1.82) is 0 Å². The first kappa shape index (κ1) is 18.3. The van der Waals surface area contributed by atoms with Crippen LogP contribution in [0, 0.1) is 0 Å². The van der Waals surface area contributed by atoms with Gasteiger partial charge in [0.25, 0.3) is 0 Å². The molecular weight excluding hydrogens is 378 g/mol. The van der Waals surface area contributed by atoms with Gasteiger partial charge in [-0.3, -0.25) is 4.79 Å². The summed E-state index contributed by atoms with van der Waals surface area (Å²) in [7, 11) is 0. The summed E-state index contributed by atoms with van der Waals surface area (Å²) in [6, 6.07) is 14.4. The van der Waals surface area contributed by atoms with Gasteiger partial charge in [0.1, 0.15) is 5.58 Å². The number of carbonyl (C=O) groups excluding carboxylic acids is 1. The molecule has 0 saturated carbocycles. The van der Waals surface area contributed by atoms with Crippen molar-refractivity contribution < 1.29 is 13.9 Å². The summed E-state index contributed by atoms with van der Waals surface area (Å²) < 4.78 is 11.3. The molecule has 142 valence electrons. The van der Waals surface area contributed by atoms with E-state index in [1.807, 2.05) is 23.1 Å². The summed E-state index contributed by atoms with van der Waals surface area (Å²) in [5.74, 6) is -0.00992. The summed E-state index contributed by atoms with van der Waals surface area (Å²) in [6.07, 6.45) is 2.02. The fourth-order valence-electron chi connectivity index (χ4n) is 3.30. The standard InChI is InChI=1S/C22H18ClNO4/c1-2-27-22(26)14-11-12-24(16-9-7-15(23)8-10-16)21-18(13-14)20(25)17-5-3-4-6-19(17)28-21/h3-10,13H,2,11-12H2,1H3. The van der Waals surface area contributed by atoms with E-state index < -0.39 is 5.97 Å². The number of halogens is 1. The van der Waals surface area contributed by atoms with Crippen molar-refractivity contribution in [2.24, 2.45) is 0 Å². The lowest BCUT2D eigenvalue weighted by Crippen LogP contribution is -2.21. The van der Waals surface area contributed by atoms with Gasteiger partial charge in [0.2, 0.25) is 11.3 Å². The number of esters is 1. The van der Waals surface area contributed by atoms with Crippen LogP contribution < -0.4 is 10.3 Å². The van der Waals surface area contributed by atoms with Crippen LogP contribution in [0.5, 0.6) is 0 Å². The van der Waals surface area contributed by atoms with Crippen LogP contribution in [0.2, 0.25) is 5.02 Å². The molecule has 0 radical (unpaired) electrons. The zero-order valence-corrected chi connectivity index (χ0v) is 16.0. The summed E-state index contributed by atoms with van der Waals surface area (Å²) in [6.45, 7) is 2.49. The first-order valence-corrected chi connectivity index (χ1v) is 9.43. The fourth-order valence-corrected chi connectivity index (χ4v) is 3.43. The highest BCUT2D eigenvalue weighted by atomic mass is 35.5. The van der Waals surface area contributed by atoms with Gasteiger partial charge in [-0.1, -0.05) is 23.7 Å². The average molecular weight is 396 g/mol. The molecule has 4 rings (SSSR count). The van der Waals surface area contributed by atoms with Gasteiger partial charge in [0, 0.05) is 22.8 Å². The number of anilines is 2. The maximum atomic E-state index is 13.2. The molecule has 0 fully saturated rings. The lowest BCUT2D eigenvalue weighted by atomic mass is 10.1. The maximum Gasteiger partial charge on any atom is 0.334 e. The van der Waals surface area contributed by atoms with Crippen LogP contribution in [-0.4, -0.2) is 19.1 Å². The molecule has 0 N–H and O–H groups in total. The SMILES string of the molecule is CCOC(=O)C1=Cc2c(oc3ccccc3c2=O)N(c2ccc(Cl)cc2)CC1. The molecule has 1 aromatic heterocycles. The Morgan fingerprint density at radius 3 is 2.68 bits per heavy atom. The Kier molecular flexibility index (Phi) is 4.92. The van der Waals surface area contributed by atoms with Crippen molar-refractivity contribution >= 4 is 46.2 Å². The van der Waals surface area contributed by atoms with E-state index >= 15 is 0 Å². The molecule has 2 aromatic carbocycles. The second-order valence-electron chi connectivity index (χ2n) is 6.41. The van der Waals surface area contributed by atoms with Crippen LogP contribution in [0.1, 0.15) is 18.9 Å². The number of hydrogen-bond acceptors (Lipinski definition) is 5. The smallest absolute Gasteiger partial charge is 0.334 e. The molecule has 6 heteroatoms. The summed E-state index contributed by atoms with van der Waals surface area (Å²) in [4.78, 5) is 27.4. The third kappa shape index (κ3) is 3.29. The maximum absolute atomic E-state index is 13.2. The Hall–Kier alpha value is -3.05. The molecule has 0 saturated heterocycles.